The van der Waals surface area contributed by atoms with E-state index >= 15 is 0 Å². The highest BCUT2D eigenvalue weighted by atomic mass is 32.2. The summed E-state index contributed by atoms with van der Waals surface area (Å²) in [6.07, 6.45) is 0.600. The SMILES string of the molecule is Cc1ccc(S(=O)(=O)O[C@@H]2C[C@@H](CO)O[C@H]2n2cnc3c(N)ncnc32)cc1. The van der Waals surface area contributed by atoms with E-state index in [0.29, 0.717) is 11.2 Å². The molecule has 3 atom stereocenters. The van der Waals surface area contributed by atoms with Gasteiger partial charge in [-0.3, -0.25) is 8.75 Å². The van der Waals surface area contributed by atoms with Crippen LogP contribution in [0.2, 0.25) is 0 Å². The Morgan fingerprint density at radius 2 is 2.04 bits per heavy atom. The zero-order valence-corrected chi connectivity index (χ0v) is 15.8. The van der Waals surface area contributed by atoms with Crippen molar-refractivity contribution < 1.29 is 22.4 Å². The summed E-state index contributed by atoms with van der Waals surface area (Å²) in [6, 6.07) is 6.36. The number of nitrogen functional groups attached to an aromatic ring is 1. The molecule has 4 rings (SSSR count). The molecule has 0 aliphatic carbocycles. The van der Waals surface area contributed by atoms with Crippen molar-refractivity contribution in [1.82, 2.24) is 19.5 Å². The highest BCUT2D eigenvalue weighted by Gasteiger charge is 2.41. The second-order valence-electron chi connectivity index (χ2n) is 6.55. The van der Waals surface area contributed by atoms with Crippen LogP contribution in [0.15, 0.2) is 41.8 Å². The predicted molar refractivity (Wildman–Crippen MR) is 98.6 cm³/mol. The van der Waals surface area contributed by atoms with Crippen molar-refractivity contribution in [3.63, 3.8) is 0 Å². The van der Waals surface area contributed by atoms with Gasteiger partial charge in [0.25, 0.3) is 10.1 Å². The van der Waals surface area contributed by atoms with Gasteiger partial charge in [0.15, 0.2) is 17.7 Å². The number of aryl methyl sites for hydroxylation is 1. The largest absolute Gasteiger partial charge is 0.394 e. The quantitative estimate of drug-likeness (QED) is 0.588. The summed E-state index contributed by atoms with van der Waals surface area (Å²) in [7, 11) is -4.03. The number of aliphatic hydroxyl groups excluding tert-OH is 1. The first-order valence-corrected chi connectivity index (χ1v) is 9.99. The van der Waals surface area contributed by atoms with E-state index < -0.39 is 28.6 Å². The van der Waals surface area contributed by atoms with E-state index in [9.17, 15) is 13.5 Å². The van der Waals surface area contributed by atoms with Gasteiger partial charge in [0.2, 0.25) is 0 Å². The number of aliphatic hydroxyl groups is 1. The van der Waals surface area contributed by atoms with Crippen molar-refractivity contribution >= 4 is 27.1 Å². The minimum atomic E-state index is -4.03. The second-order valence-corrected chi connectivity index (χ2v) is 8.12. The first-order valence-electron chi connectivity index (χ1n) is 8.58. The molecule has 11 heteroatoms. The molecule has 1 saturated heterocycles. The number of benzene rings is 1. The predicted octanol–water partition coefficient (Wildman–Crippen LogP) is 0.771. The third-order valence-electron chi connectivity index (χ3n) is 4.57. The molecule has 0 spiro atoms. The van der Waals surface area contributed by atoms with Crippen LogP contribution < -0.4 is 5.73 Å². The molecule has 0 radical (unpaired) electrons. The monoisotopic (exact) mass is 405 g/mol. The number of anilines is 1. The Bertz CT molecular complexity index is 1100. The van der Waals surface area contributed by atoms with Crippen LogP contribution in [0.3, 0.4) is 0 Å². The molecule has 10 nitrogen and oxygen atoms in total. The maximum Gasteiger partial charge on any atom is 0.297 e. The lowest BCUT2D eigenvalue weighted by molar-refractivity contribution is -0.0428. The van der Waals surface area contributed by atoms with Crippen molar-refractivity contribution in [2.24, 2.45) is 0 Å². The normalized spacial score (nSPS) is 22.7. The maximum atomic E-state index is 12.7. The van der Waals surface area contributed by atoms with E-state index in [1.807, 2.05) is 6.92 Å². The van der Waals surface area contributed by atoms with Crippen LogP contribution in [0.4, 0.5) is 5.82 Å². The molecule has 0 amide bonds. The van der Waals surface area contributed by atoms with Crippen LogP contribution in [0.25, 0.3) is 11.2 Å². The molecule has 2 aromatic heterocycles. The van der Waals surface area contributed by atoms with Crippen molar-refractivity contribution in [3.8, 4) is 0 Å². The van der Waals surface area contributed by atoms with E-state index in [1.165, 1.54) is 24.8 Å². The summed E-state index contributed by atoms with van der Waals surface area (Å²) < 4.78 is 38.3. The fourth-order valence-electron chi connectivity index (χ4n) is 3.14. The molecule has 1 aliphatic heterocycles. The summed E-state index contributed by atoms with van der Waals surface area (Å²) in [6.45, 7) is 1.59. The molecule has 3 aromatic rings. The molecule has 1 aliphatic rings. The molecule has 0 unspecified atom stereocenters. The van der Waals surface area contributed by atoms with Crippen molar-refractivity contribution in [2.75, 3.05) is 12.3 Å². The van der Waals surface area contributed by atoms with Gasteiger partial charge in [-0.25, -0.2) is 15.0 Å². The maximum absolute atomic E-state index is 12.7. The van der Waals surface area contributed by atoms with Gasteiger partial charge in [-0.15, -0.1) is 0 Å². The number of nitrogens with two attached hydrogens (primary N) is 1. The summed E-state index contributed by atoms with van der Waals surface area (Å²) in [4.78, 5) is 12.3. The molecule has 1 fully saturated rings. The third kappa shape index (κ3) is 3.33. The van der Waals surface area contributed by atoms with Gasteiger partial charge in [0.1, 0.15) is 17.9 Å². The number of imidazole rings is 1. The highest BCUT2D eigenvalue weighted by Crippen LogP contribution is 2.35. The van der Waals surface area contributed by atoms with Crippen LogP contribution in [-0.4, -0.2) is 51.9 Å². The van der Waals surface area contributed by atoms with Crippen LogP contribution >= 0.6 is 0 Å². The van der Waals surface area contributed by atoms with Gasteiger partial charge in [-0.05, 0) is 19.1 Å². The minimum Gasteiger partial charge on any atom is -0.394 e. The number of rotatable bonds is 5. The summed E-state index contributed by atoms with van der Waals surface area (Å²) in [5.74, 6) is 0.199. The van der Waals surface area contributed by atoms with Crippen molar-refractivity contribution in [1.29, 1.82) is 0 Å². The average molecular weight is 405 g/mol. The second kappa shape index (κ2) is 7.09. The van der Waals surface area contributed by atoms with E-state index in [1.54, 1.807) is 16.7 Å². The number of ether oxygens (including phenoxy) is 1. The molecular weight excluding hydrogens is 386 g/mol. The Balaban J connectivity index is 1.68. The van der Waals surface area contributed by atoms with E-state index in [4.69, 9.17) is 14.7 Å². The smallest absolute Gasteiger partial charge is 0.297 e. The number of aromatic nitrogens is 4. The standard InChI is InChI=1S/C17H19N5O5S/c1-10-2-4-12(5-3-10)28(24,25)27-13-6-11(7-23)26-17(13)22-9-21-14-15(18)19-8-20-16(14)22/h2-5,8-9,11,13,17,23H,6-7H2,1H3,(H2,18,19,20)/t11-,13+,17+/m0/s1. The fraction of sp³-hybridized carbons (Fsp3) is 0.353. The zero-order valence-electron chi connectivity index (χ0n) is 15.0. The molecule has 1 aromatic carbocycles. The fourth-order valence-corrected chi connectivity index (χ4v) is 4.22. The van der Waals surface area contributed by atoms with Crippen LogP contribution in [-0.2, 0) is 19.0 Å². The third-order valence-corrected chi connectivity index (χ3v) is 5.92. The summed E-state index contributed by atoms with van der Waals surface area (Å²) in [5, 5.41) is 9.50. The summed E-state index contributed by atoms with van der Waals surface area (Å²) >= 11 is 0. The molecule has 148 valence electrons. The first kappa shape index (κ1) is 18.7. The Morgan fingerprint density at radius 3 is 2.75 bits per heavy atom. The first-order chi connectivity index (χ1) is 13.4. The minimum absolute atomic E-state index is 0.0476. The lowest BCUT2D eigenvalue weighted by atomic mass is 10.2. The van der Waals surface area contributed by atoms with Gasteiger partial charge in [0.05, 0.1) is 23.9 Å². The molecular formula is C17H19N5O5S. The van der Waals surface area contributed by atoms with Gasteiger partial charge in [0, 0.05) is 6.42 Å². The van der Waals surface area contributed by atoms with E-state index in [-0.39, 0.29) is 23.7 Å². The van der Waals surface area contributed by atoms with Crippen LogP contribution in [0, 0.1) is 6.92 Å². The molecule has 28 heavy (non-hydrogen) atoms. The van der Waals surface area contributed by atoms with Gasteiger partial charge in [-0.2, -0.15) is 8.42 Å². The number of nitrogens with zero attached hydrogens (tertiary/aromatic N) is 4. The van der Waals surface area contributed by atoms with Gasteiger partial charge >= 0.3 is 0 Å². The zero-order chi connectivity index (χ0) is 19.9. The van der Waals surface area contributed by atoms with Crippen LogP contribution in [0.1, 0.15) is 18.2 Å². The van der Waals surface area contributed by atoms with E-state index in [0.717, 1.165) is 5.56 Å². The van der Waals surface area contributed by atoms with Gasteiger partial charge < -0.3 is 15.6 Å². The number of fused-ring (bicyclic) bond motifs is 1. The Labute approximate surface area is 161 Å². The van der Waals surface area contributed by atoms with Gasteiger partial charge in [-0.1, -0.05) is 17.7 Å². The van der Waals surface area contributed by atoms with Crippen LogP contribution in [0.5, 0.6) is 0 Å². The molecule has 3 heterocycles. The summed E-state index contributed by atoms with van der Waals surface area (Å²) in [5.41, 5.74) is 7.51. The average Bonchev–Trinajstić information content (AvgIpc) is 3.26. The topological polar surface area (TPSA) is 142 Å². The molecule has 3 N–H and O–H groups in total. The van der Waals surface area contributed by atoms with Crippen molar-refractivity contribution in [3.05, 3.63) is 42.5 Å². The number of hydrogen-bond donors (Lipinski definition) is 2. The lowest BCUT2D eigenvalue weighted by Crippen LogP contribution is -2.25. The Hall–Kier alpha value is -2.60. The molecule has 0 saturated carbocycles. The highest BCUT2D eigenvalue weighted by molar-refractivity contribution is 7.86. The lowest BCUT2D eigenvalue weighted by Gasteiger charge is -2.20. The number of hydrogen-bond acceptors (Lipinski definition) is 9. The molecule has 0 bridgehead atoms. The Morgan fingerprint density at radius 1 is 1.29 bits per heavy atom. The van der Waals surface area contributed by atoms with E-state index in [2.05, 4.69) is 15.0 Å². The van der Waals surface area contributed by atoms with Crippen molar-refractivity contribution in [2.45, 2.75) is 36.7 Å². The Kier molecular flexibility index (Phi) is 4.75.